The zero-order valence-electron chi connectivity index (χ0n) is 15.8. The van der Waals surface area contributed by atoms with Crippen molar-refractivity contribution < 1.29 is 9.53 Å². The molecule has 1 aliphatic carbocycles. The predicted molar refractivity (Wildman–Crippen MR) is 94.6 cm³/mol. The number of hydrogen-bond donors (Lipinski definition) is 1. The highest BCUT2D eigenvalue weighted by Gasteiger charge is 2.29. The fraction of sp³-hybridized carbons (Fsp3) is 0.947. The van der Waals surface area contributed by atoms with Crippen molar-refractivity contribution in [3.05, 3.63) is 0 Å². The Bertz CT molecular complexity index is 391. The Morgan fingerprint density at radius 2 is 1.87 bits per heavy atom. The van der Waals surface area contributed by atoms with E-state index < -0.39 is 5.60 Å². The minimum absolute atomic E-state index is 0.151. The van der Waals surface area contributed by atoms with E-state index in [9.17, 15) is 4.79 Å². The number of carbonyl (C=O) groups is 1. The molecule has 1 saturated heterocycles. The summed E-state index contributed by atoms with van der Waals surface area (Å²) in [5.74, 6) is 0.561. The van der Waals surface area contributed by atoms with Gasteiger partial charge in [-0.05, 0) is 77.2 Å². The van der Waals surface area contributed by atoms with Gasteiger partial charge in [-0.25, -0.2) is 4.79 Å². The van der Waals surface area contributed by atoms with Crippen LogP contribution in [0.2, 0.25) is 0 Å². The van der Waals surface area contributed by atoms with Gasteiger partial charge >= 0.3 is 6.09 Å². The first-order chi connectivity index (χ1) is 10.6. The average Bonchev–Trinajstić information content (AvgIpc) is 2.45. The molecule has 2 rings (SSSR count). The minimum atomic E-state index is -0.406. The van der Waals surface area contributed by atoms with Crippen LogP contribution in [0.25, 0.3) is 0 Å². The zero-order valence-corrected chi connectivity index (χ0v) is 15.8. The van der Waals surface area contributed by atoms with Crippen molar-refractivity contribution in [3.63, 3.8) is 0 Å². The van der Waals surface area contributed by atoms with Gasteiger partial charge in [0.15, 0.2) is 0 Å². The summed E-state index contributed by atoms with van der Waals surface area (Å²) in [6, 6.07) is 0.667. The van der Waals surface area contributed by atoms with E-state index in [1.165, 1.54) is 32.1 Å². The molecule has 2 aliphatic rings. The Balaban J connectivity index is 1.73. The zero-order chi connectivity index (χ0) is 17.1. The molecule has 1 saturated carbocycles. The van der Waals surface area contributed by atoms with Crippen molar-refractivity contribution in [1.82, 2.24) is 10.2 Å². The summed E-state index contributed by atoms with van der Waals surface area (Å²) < 4.78 is 5.51. The van der Waals surface area contributed by atoms with Gasteiger partial charge in [0.05, 0.1) is 0 Å². The van der Waals surface area contributed by atoms with Crippen molar-refractivity contribution in [3.8, 4) is 0 Å². The number of amides is 1. The summed E-state index contributed by atoms with van der Waals surface area (Å²) in [6.07, 6.45) is 7.36. The SMILES string of the molecule is CC1(C)CCC(NCC2CCCN(C(=O)OC(C)(C)C)C2)CC1. The van der Waals surface area contributed by atoms with E-state index in [2.05, 4.69) is 19.2 Å². The monoisotopic (exact) mass is 324 g/mol. The van der Waals surface area contributed by atoms with Gasteiger partial charge in [-0.2, -0.15) is 0 Å². The van der Waals surface area contributed by atoms with Crippen molar-refractivity contribution >= 4 is 6.09 Å². The molecule has 0 bridgehead atoms. The number of piperidine rings is 1. The van der Waals surface area contributed by atoms with Crippen LogP contribution in [0.1, 0.15) is 73.1 Å². The summed E-state index contributed by atoms with van der Waals surface area (Å²) in [5.41, 5.74) is 0.119. The van der Waals surface area contributed by atoms with Crippen molar-refractivity contribution in [1.29, 1.82) is 0 Å². The molecular weight excluding hydrogens is 288 g/mol. The lowest BCUT2D eigenvalue weighted by molar-refractivity contribution is 0.0164. The lowest BCUT2D eigenvalue weighted by Crippen LogP contribution is -2.46. The normalized spacial score (nSPS) is 26.1. The largest absolute Gasteiger partial charge is 0.444 e. The van der Waals surface area contributed by atoms with Crippen molar-refractivity contribution in [2.75, 3.05) is 19.6 Å². The highest BCUT2D eigenvalue weighted by molar-refractivity contribution is 5.68. The van der Waals surface area contributed by atoms with Crippen LogP contribution in [-0.4, -0.2) is 42.3 Å². The second kappa shape index (κ2) is 7.42. The molecule has 0 aromatic carbocycles. The van der Waals surface area contributed by atoms with Crippen LogP contribution >= 0.6 is 0 Å². The molecule has 134 valence electrons. The van der Waals surface area contributed by atoms with Crippen LogP contribution in [0.15, 0.2) is 0 Å². The second-order valence-electron chi connectivity index (χ2n) is 9.28. The maximum Gasteiger partial charge on any atom is 0.410 e. The highest BCUT2D eigenvalue weighted by Crippen LogP contribution is 2.35. The summed E-state index contributed by atoms with van der Waals surface area (Å²) in [7, 11) is 0. The minimum Gasteiger partial charge on any atom is -0.444 e. The Kier molecular flexibility index (Phi) is 5.99. The molecule has 4 nitrogen and oxygen atoms in total. The average molecular weight is 325 g/mol. The number of rotatable bonds is 3. The van der Waals surface area contributed by atoms with E-state index in [0.717, 1.165) is 26.1 Å². The third-order valence-corrected chi connectivity index (χ3v) is 5.21. The van der Waals surface area contributed by atoms with Gasteiger partial charge in [-0.1, -0.05) is 13.8 Å². The maximum absolute atomic E-state index is 12.2. The molecule has 1 aliphatic heterocycles. The Hall–Kier alpha value is -0.770. The molecule has 0 aromatic rings. The third-order valence-electron chi connectivity index (χ3n) is 5.21. The topological polar surface area (TPSA) is 41.6 Å². The van der Waals surface area contributed by atoms with E-state index in [-0.39, 0.29) is 6.09 Å². The second-order valence-corrected chi connectivity index (χ2v) is 9.28. The van der Waals surface area contributed by atoms with E-state index >= 15 is 0 Å². The van der Waals surface area contributed by atoms with E-state index in [1.54, 1.807) is 0 Å². The van der Waals surface area contributed by atoms with Crippen molar-refractivity contribution in [2.45, 2.75) is 84.8 Å². The van der Waals surface area contributed by atoms with Crippen LogP contribution in [0.5, 0.6) is 0 Å². The third kappa shape index (κ3) is 6.33. The molecule has 4 heteroatoms. The fourth-order valence-electron chi connectivity index (χ4n) is 3.66. The Morgan fingerprint density at radius 1 is 1.22 bits per heavy atom. The van der Waals surface area contributed by atoms with Crippen LogP contribution in [0, 0.1) is 11.3 Å². The predicted octanol–water partition coefficient (Wildman–Crippen LogP) is 4.19. The van der Waals surface area contributed by atoms with Gasteiger partial charge in [-0.15, -0.1) is 0 Å². The van der Waals surface area contributed by atoms with E-state index in [0.29, 0.717) is 17.4 Å². The van der Waals surface area contributed by atoms with Crippen LogP contribution in [0.3, 0.4) is 0 Å². The van der Waals surface area contributed by atoms with Crippen molar-refractivity contribution in [2.24, 2.45) is 11.3 Å². The molecule has 23 heavy (non-hydrogen) atoms. The summed E-state index contributed by atoms with van der Waals surface area (Å²) in [6.45, 7) is 13.2. The van der Waals surface area contributed by atoms with E-state index in [4.69, 9.17) is 4.74 Å². The molecule has 0 spiro atoms. The summed E-state index contributed by atoms with van der Waals surface area (Å²) in [4.78, 5) is 14.1. The maximum atomic E-state index is 12.2. The molecule has 1 atom stereocenters. The number of nitrogens with zero attached hydrogens (tertiary/aromatic N) is 1. The molecule has 1 heterocycles. The molecule has 1 unspecified atom stereocenters. The first-order valence-electron chi connectivity index (χ1n) is 9.36. The van der Waals surface area contributed by atoms with Gasteiger partial charge in [0.2, 0.25) is 0 Å². The van der Waals surface area contributed by atoms with Gasteiger partial charge < -0.3 is 15.0 Å². The van der Waals surface area contributed by atoms with Crippen LogP contribution in [0.4, 0.5) is 4.79 Å². The van der Waals surface area contributed by atoms with E-state index in [1.807, 2.05) is 25.7 Å². The standard InChI is InChI=1S/C19H36N2O2/c1-18(2,3)23-17(22)21-12-6-7-15(14-21)13-20-16-8-10-19(4,5)11-9-16/h15-16,20H,6-14H2,1-5H3. The number of likely N-dealkylation sites (tertiary alicyclic amines) is 1. The van der Waals surface area contributed by atoms with Gasteiger partial charge in [0, 0.05) is 19.1 Å². The van der Waals surface area contributed by atoms with Crippen LogP contribution in [-0.2, 0) is 4.74 Å². The smallest absolute Gasteiger partial charge is 0.410 e. The van der Waals surface area contributed by atoms with Gasteiger partial charge in [0.1, 0.15) is 5.60 Å². The Labute approximate surface area is 142 Å². The number of carbonyl (C=O) groups excluding carboxylic acids is 1. The fourth-order valence-corrected chi connectivity index (χ4v) is 3.66. The van der Waals surface area contributed by atoms with Gasteiger partial charge in [0.25, 0.3) is 0 Å². The first-order valence-corrected chi connectivity index (χ1v) is 9.36. The molecule has 1 amide bonds. The Morgan fingerprint density at radius 3 is 2.48 bits per heavy atom. The molecule has 2 fully saturated rings. The summed E-state index contributed by atoms with van der Waals surface area (Å²) in [5, 5.41) is 3.76. The lowest BCUT2D eigenvalue weighted by Gasteiger charge is -2.37. The molecule has 0 aromatic heterocycles. The highest BCUT2D eigenvalue weighted by atomic mass is 16.6. The number of ether oxygens (including phenoxy) is 1. The number of nitrogens with one attached hydrogen (secondary N) is 1. The molecular formula is C19H36N2O2. The van der Waals surface area contributed by atoms with Gasteiger partial charge in [-0.3, -0.25) is 0 Å². The quantitative estimate of drug-likeness (QED) is 0.846. The lowest BCUT2D eigenvalue weighted by atomic mass is 9.75. The van der Waals surface area contributed by atoms with Crippen LogP contribution < -0.4 is 5.32 Å². The molecule has 1 N–H and O–H groups in total. The summed E-state index contributed by atoms with van der Waals surface area (Å²) >= 11 is 0. The molecule has 0 radical (unpaired) electrons. The number of hydrogen-bond acceptors (Lipinski definition) is 3. The first kappa shape index (κ1) is 18.6.